The normalized spacial score (nSPS) is 12.0. The summed E-state index contributed by atoms with van der Waals surface area (Å²) in [7, 11) is 0. The summed E-state index contributed by atoms with van der Waals surface area (Å²) in [6.07, 6.45) is 5.62. The second-order valence-corrected chi connectivity index (χ2v) is 9.12. The number of ether oxygens (including phenoxy) is 1. The number of benzene rings is 1. The number of hydrogen-bond donors (Lipinski definition) is 1. The minimum absolute atomic E-state index is 0.00761. The molecule has 11 nitrogen and oxygen atoms in total. The molecule has 0 bridgehead atoms. The summed E-state index contributed by atoms with van der Waals surface area (Å²) in [4.78, 5) is 26.0. The van der Waals surface area contributed by atoms with E-state index in [1.807, 2.05) is 6.92 Å². The second kappa shape index (κ2) is 18.2. The molecule has 0 unspecified atom stereocenters. The smallest absolute Gasteiger partial charge is 0.297 e. The van der Waals surface area contributed by atoms with Gasteiger partial charge in [0, 0.05) is 33.1 Å². The number of oxime groups is 1. The Kier molecular flexibility index (Phi) is 15.7. The van der Waals surface area contributed by atoms with Crippen LogP contribution in [0, 0.1) is 27.2 Å². The van der Waals surface area contributed by atoms with Gasteiger partial charge in [-0.1, -0.05) is 49.0 Å². The standard InChI is InChI=1S/C24H35N4O7S2/c1-3-4-9-18-34-23(36)21(10-7-5-6-8-16-26(29)30)25-35-24(37)22(15-17-27(31)32)28(33)20-13-11-19(2)12-14-20/h11-14,33H,3-10,15-18H2,1-2H3/q+1. The van der Waals surface area contributed by atoms with Crippen molar-refractivity contribution < 1.29 is 29.4 Å². The van der Waals surface area contributed by atoms with E-state index in [2.05, 4.69) is 12.1 Å². The van der Waals surface area contributed by atoms with E-state index in [4.69, 9.17) is 34.0 Å². The van der Waals surface area contributed by atoms with E-state index in [1.54, 1.807) is 24.3 Å². The third-order valence-corrected chi connectivity index (χ3v) is 5.92. The highest BCUT2D eigenvalue weighted by Crippen LogP contribution is 2.14. The zero-order valence-corrected chi connectivity index (χ0v) is 22.9. The second-order valence-electron chi connectivity index (χ2n) is 8.38. The molecule has 0 heterocycles. The lowest BCUT2D eigenvalue weighted by Gasteiger charge is -2.10. The summed E-state index contributed by atoms with van der Waals surface area (Å²) in [6, 6.07) is 6.86. The molecule has 0 aliphatic rings. The molecule has 37 heavy (non-hydrogen) atoms. The molecule has 1 aromatic rings. The molecule has 0 saturated heterocycles. The van der Waals surface area contributed by atoms with Crippen LogP contribution in [0.5, 0.6) is 0 Å². The average Bonchev–Trinajstić information content (AvgIpc) is 2.85. The van der Waals surface area contributed by atoms with Crippen molar-refractivity contribution >= 4 is 51.6 Å². The van der Waals surface area contributed by atoms with Gasteiger partial charge in [0.05, 0.1) is 6.61 Å². The fraction of sp³-hybridized carbons (Fsp3) is 0.583. The number of hydrogen-bond acceptors (Lipinski definition) is 10. The van der Waals surface area contributed by atoms with Crippen molar-refractivity contribution in [3.05, 3.63) is 50.1 Å². The number of aryl methyl sites for hydroxylation is 1. The van der Waals surface area contributed by atoms with Crippen LogP contribution in [0.3, 0.4) is 0 Å². The molecule has 13 heteroatoms. The van der Waals surface area contributed by atoms with Crippen molar-refractivity contribution in [2.45, 2.75) is 71.6 Å². The maximum Gasteiger partial charge on any atom is 0.297 e. The summed E-state index contributed by atoms with van der Waals surface area (Å²) in [5, 5.41) is 36.2. The molecule has 0 atom stereocenters. The molecule has 0 aliphatic heterocycles. The lowest BCUT2D eigenvalue weighted by molar-refractivity contribution is -0.713. The fourth-order valence-electron chi connectivity index (χ4n) is 3.15. The highest BCUT2D eigenvalue weighted by atomic mass is 32.1. The Labute approximate surface area is 227 Å². The van der Waals surface area contributed by atoms with Gasteiger partial charge in [0.2, 0.25) is 18.1 Å². The quantitative estimate of drug-likeness (QED) is 0.0466. The largest absolute Gasteiger partial charge is 0.482 e. The zero-order valence-electron chi connectivity index (χ0n) is 21.3. The Morgan fingerprint density at radius 3 is 2.19 bits per heavy atom. The fourth-order valence-corrected chi connectivity index (χ4v) is 3.60. The molecule has 0 aliphatic carbocycles. The van der Waals surface area contributed by atoms with Crippen molar-refractivity contribution in [2.75, 3.05) is 19.7 Å². The van der Waals surface area contributed by atoms with E-state index in [-0.39, 0.29) is 33.7 Å². The predicted octanol–water partition coefficient (Wildman–Crippen LogP) is 5.60. The highest BCUT2D eigenvalue weighted by Gasteiger charge is 2.27. The van der Waals surface area contributed by atoms with Crippen molar-refractivity contribution in [2.24, 2.45) is 5.16 Å². The van der Waals surface area contributed by atoms with Crippen molar-refractivity contribution in [1.29, 1.82) is 0 Å². The lowest BCUT2D eigenvalue weighted by Crippen LogP contribution is -2.27. The van der Waals surface area contributed by atoms with Gasteiger partial charge in [-0.15, -0.1) is 0 Å². The van der Waals surface area contributed by atoms with Gasteiger partial charge >= 0.3 is 0 Å². The molecule has 1 rings (SSSR count). The van der Waals surface area contributed by atoms with Gasteiger partial charge in [0.15, 0.2) is 0 Å². The van der Waals surface area contributed by atoms with Crippen molar-refractivity contribution in [1.82, 2.24) is 0 Å². The molecular weight excluding hydrogens is 520 g/mol. The van der Waals surface area contributed by atoms with Gasteiger partial charge in [0.1, 0.15) is 12.1 Å². The van der Waals surface area contributed by atoms with Crippen LogP contribution in [-0.4, -0.2) is 61.0 Å². The van der Waals surface area contributed by atoms with Gasteiger partial charge < -0.3 is 9.57 Å². The van der Waals surface area contributed by atoms with E-state index in [0.29, 0.717) is 43.7 Å². The van der Waals surface area contributed by atoms with Crippen LogP contribution in [0.25, 0.3) is 0 Å². The maximum absolute atomic E-state index is 11.0. The minimum atomic E-state index is -0.515. The van der Waals surface area contributed by atoms with Gasteiger partial charge in [-0.2, -0.15) is 0 Å². The third-order valence-electron chi connectivity index (χ3n) is 5.26. The summed E-state index contributed by atoms with van der Waals surface area (Å²) < 4.78 is 6.41. The SMILES string of the molecule is CCCCCOC(=S)C(CCCCCC[N+](=O)[O-])=NOC(=S)C(CC[N+](=O)[O-])=[N+](O)c1ccc(C)cc1. The first-order valence-electron chi connectivity index (χ1n) is 12.3. The number of nitro groups is 2. The van der Waals surface area contributed by atoms with Gasteiger partial charge in [-0.3, -0.25) is 25.4 Å². The van der Waals surface area contributed by atoms with Crippen LogP contribution in [0.2, 0.25) is 0 Å². The van der Waals surface area contributed by atoms with E-state index < -0.39 is 11.5 Å². The molecule has 0 radical (unpaired) electrons. The first-order chi connectivity index (χ1) is 17.6. The Bertz CT molecular complexity index is 982. The average molecular weight is 556 g/mol. The summed E-state index contributed by atoms with van der Waals surface area (Å²) in [5.74, 6) is 0. The monoisotopic (exact) mass is 555 g/mol. The molecule has 0 fully saturated rings. The van der Waals surface area contributed by atoms with Crippen LogP contribution in [-0.2, 0) is 9.57 Å². The lowest BCUT2D eigenvalue weighted by atomic mass is 10.1. The third kappa shape index (κ3) is 13.7. The van der Waals surface area contributed by atoms with Gasteiger partial charge in [-0.25, -0.2) is 0 Å². The van der Waals surface area contributed by atoms with Crippen molar-refractivity contribution in [3.8, 4) is 0 Å². The topological polar surface area (TPSA) is 140 Å². The molecule has 0 saturated carbocycles. The van der Waals surface area contributed by atoms with Gasteiger partial charge in [0.25, 0.3) is 16.4 Å². The first-order valence-corrected chi connectivity index (χ1v) is 13.1. The first kappa shape index (κ1) is 32.0. The minimum Gasteiger partial charge on any atom is -0.482 e. The van der Waals surface area contributed by atoms with Crippen LogP contribution in [0.1, 0.15) is 70.3 Å². The maximum atomic E-state index is 11.0. The van der Waals surface area contributed by atoms with E-state index >= 15 is 0 Å². The molecule has 0 amide bonds. The van der Waals surface area contributed by atoms with E-state index in [1.165, 1.54) is 0 Å². The summed E-state index contributed by atoms with van der Waals surface area (Å²) >= 11 is 10.7. The van der Waals surface area contributed by atoms with Gasteiger partial charge in [-0.05, 0) is 57.0 Å². The van der Waals surface area contributed by atoms with Crippen LogP contribution >= 0.6 is 24.4 Å². The van der Waals surface area contributed by atoms with Crippen LogP contribution in [0.15, 0.2) is 29.4 Å². The summed E-state index contributed by atoms with van der Waals surface area (Å²) in [6.45, 7) is 3.85. The molecule has 0 aromatic heterocycles. The number of thiocarbonyl (C=S) groups is 2. The Morgan fingerprint density at radius 2 is 1.57 bits per heavy atom. The summed E-state index contributed by atoms with van der Waals surface area (Å²) in [5.41, 5.74) is 1.69. The molecular formula is C24H35N4O7S2+. The molecule has 204 valence electrons. The van der Waals surface area contributed by atoms with E-state index in [0.717, 1.165) is 36.0 Å². The number of nitrogens with zero attached hydrogens (tertiary/aromatic N) is 4. The van der Waals surface area contributed by atoms with Crippen LogP contribution < -0.4 is 0 Å². The number of unbranched alkanes of at least 4 members (excludes halogenated alkanes) is 5. The predicted molar refractivity (Wildman–Crippen MR) is 149 cm³/mol. The Balaban J connectivity index is 3.01. The highest BCUT2D eigenvalue weighted by molar-refractivity contribution is 7.82. The number of rotatable bonds is 18. The zero-order chi connectivity index (χ0) is 27.6. The van der Waals surface area contributed by atoms with Crippen LogP contribution in [0.4, 0.5) is 5.69 Å². The van der Waals surface area contributed by atoms with Crippen molar-refractivity contribution in [3.63, 3.8) is 0 Å². The molecule has 1 aromatic carbocycles. The Hall–Kier alpha value is -3.06. The Morgan fingerprint density at radius 1 is 0.919 bits per heavy atom. The van der Waals surface area contributed by atoms with E-state index in [9.17, 15) is 25.4 Å². The molecule has 0 spiro atoms. The molecule has 1 N–H and O–H groups in total.